The first kappa shape index (κ1) is 18.9. The normalized spacial score (nSPS) is 17.8. The predicted molar refractivity (Wildman–Crippen MR) is 113 cm³/mol. The van der Waals surface area contributed by atoms with E-state index in [-0.39, 0.29) is 12.3 Å². The average Bonchev–Trinajstić information content (AvgIpc) is 2.90. The SMILES string of the molecule is O=C(Cc1ccc(Cl)c([SH]2C(Cl)=CC=C2Br)c1)Nc1ccccc1Cl. The smallest absolute Gasteiger partial charge is 0.228 e. The summed E-state index contributed by atoms with van der Waals surface area (Å²) in [6.45, 7) is 0. The average molecular weight is 478 g/mol. The lowest BCUT2D eigenvalue weighted by atomic mass is 10.1. The zero-order valence-corrected chi connectivity index (χ0v) is 17.5. The van der Waals surface area contributed by atoms with E-state index in [0.29, 0.717) is 15.7 Å². The Kier molecular flexibility index (Phi) is 6.18. The zero-order chi connectivity index (χ0) is 18.0. The summed E-state index contributed by atoms with van der Waals surface area (Å²) in [6.07, 6.45) is 4.02. The van der Waals surface area contributed by atoms with Gasteiger partial charge < -0.3 is 5.32 Å². The van der Waals surface area contributed by atoms with Gasteiger partial charge in [-0.3, -0.25) is 4.79 Å². The maximum absolute atomic E-state index is 12.3. The van der Waals surface area contributed by atoms with Crippen molar-refractivity contribution in [2.75, 3.05) is 5.32 Å². The van der Waals surface area contributed by atoms with E-state index < -0.39 is 10.9 Å². The van der Waals surface area contributed by atoms with Crippen LogP contribution < -0.4 is 5.32 Å². The third-order valence-corrected chi connectivity index (χ3v) is 8.31. The molecule has 0 bridgehead atoms. The number of allylic oxidation sites excluding steroid dienone is 2. The molecule has 0 fully saturated rings. The minimum Gasteiger partial charge on any atom is -0.324 e. The van der Waals surface area contributed by atoms with Crippen molar-refractivity contribution in [3.8, 4) is 0 Å². The van der Waals surface area contributed by atoms with Gasteiger partial charge in [0.15, 0.2) is 0 Å². The molecule has 1 atom stereocenters. The fourth-order valence-corrected chi connectivity index (χ4v) is 6.84. The van der Waals surface area contributed by atoms with Gasteiger partial charge in [0.1, 0.15) is 0 Å². The van der Waals surface area contributed by atoms with E-state index in [1.54, 1.807) is 18.2 Å². The lowest BCUT2D eigenvalue weighted by Crippen LogP contribution is -2.14. The fourth-order valence-electron chi connectivity index (χ4n) is 2.40. The summed E-state index contributed by atoms with van der Waals surface area (Å²) >= 11 is 22.3. The van der Waals surface area contributed by atoms with Gasteiger partial charge in [0.25, 0.3) is 0 Å². The highest BCUT2D eigenvalue weighted by atomic mass is 79.9. The summed E-state index contributed by atoms with van der Waals surface area (Å²) in [5.74, 6) is -0.142. The second-order valence-corrected chi connectivity index (χ2v) is 10.4. The highest BCUT2D eigenvalue weighted by Crippen LogP contribution is 2.59. The van der Waals surface area contributed by atoms with E-state index >= 15 is 0 Å². The van der Waals surface area contributed by atoms with Crippen LogP contribution in [0.3, 0.4) is 0 Å². The second kappa shape index (κ2) is 8.19. The number of halogens is 4. The zero-order valence-electron chi connectivity index (χ0n) is 12.8. The Labute approximate surface area is 172 Å². The molecule has 1 aliphatic rings. The van der Waals surface area contributed by atoms with Crippen LogP contribution in [0.15, 0.2) is 67.7 Å². The lowest BCUT2D eigenvalue weighted by molar-refractivity contribution is -0.115. The number of hydrogen-bond donors (Lipinski definition) is 2. The van der Waals surface area contributed by atoms with E-state index in [4.69, 9.17) is 34.8 Å². The number of carbonyl (C=O) groups excluding carboxylic acids is 1. The molecule has 1 amide bonds. The molecule has 1 aliphatic heterocycles. The summed E-state index contributed by atoms with van der Waals surface area (Å²) in [5.41, 5.74) is 1.46. The van der Waals surface area contributed by atoms with Gasteiger partial charge in [-0.1, -0.05) is 53.0 Å². The summed E-state index contributed by atoms with van der Waals surface area (Å²) in [5, 5.41) is 3.97. The molecule has 25 heavy (non-hydrogen) atoms. The molecule has 7 heteroatoms. The molecule has 2 aromatic carbocycles. The first-order valence-corrected chi connectivity index (χ1v) is 10.6. The number of para-hydroxylation sites is 1. The molecule has 2 nitrogen and oxygen atoms in total. The Morgan fingerprint density at radius 3 is 2.48 bits per heavy atom. The monoisotopic (exact) mass is 475 g/mol. The molecule has 0 aromatic heterocycles. The summed E-state index contributed by atoms with van der Waals surface area (Å²) in [6, 6.07) is 12.7. The molecule has 2 aromatic rings. The Morgan fingerprint density at radius 1 is 1.04 bits per heavy atom. The van der Waals surface area contributed by atoms with Crippen molar-refractivity contribution in [3.05, 3.63) is 78.4 Å². The standard InChI is InChI=1S/C18H13BrCl3NOS/c19-16-7-8-17(22)25(16)15-9-11(5-6-13(15)21)10-18(24)23-14-4-2-1-3-12(14)20/h1-9,25H,10H2,(H,23,24). The highest BCUT2D eigenvalue weighted by Gasteiger charge is 2.21. The quantitative estimate of drug-likeness (QED) is 0.463. The van der Waals surface area contributed by atoms with Gasteiger partial charge in [0.2, 0.25) is 5.91 Å². The van der Waals surface area contributed by atoms with Crippen LogP contribution in [0, 0.1) is 0 Å². The fraction of sp³-hybridized carbons (Fsp3) is 0.0556. The van der Waals surface area contributed by atoms with Crippen molar-refractivity contribution in [1.29, 1.82) is 0 Å². The molecule has 0 radical (unpaired) electrons. The Bertz CT molecular complexity index is 880. The van der Waals surface area contributed by atoms with Crippen LogP contribution in [0.4, 0.5) is 5.69 Å². The third-order valence-electron chi connectivity index (χ3n) is 3.55. The van der Waals surface area contributed by atoms with Gasteiger partial charge >= 0.3 is 0 Å². The number of carbonyl (C=O) groups is 1. The number of rotatable bonds is 4. The number of anilines is 1. The summed E-state index contributed by atoms with van der Waals surface area (Å²) in [7, 11) is -0.858. The Balaban J connectivity index is 1.79. The van der Waals surface area contributed by atoms with E-state index in [0.717, 1.165) is 18.6 Å². The number of amides is 1. The third kappa shape index (κ3) is 4.44. The van der Waals surface area contributed by atoms with Gasteiger partial charge in [-0.15, -0.1) is 0 Å². The van der Waals surface area contributed by atoms with Crippen LogP contribution in [-0.2, 0) is 11.2 Å². The van der Waals surface area contributed by atoms with Crippen molar-refractivity contribution in [2.24, 2.45) is 0 Å². The van der Waals surface area contributed by atoms with Crippen LogP contribution in [0.5, 0.6) is 0 Å². The van der Waals surface area contributed by atoms with E-state index in [2.05, 4.69) is 21.2 Å². The van der Waals surface area contributed by atoms with Gasteiger partial charge in [-0.05, 0) is 57.9 Å². The van der Waals surface area contributed by atoms with Gasteiger partial charge in [-0.2, -0.15) is 10.9 Å². The Morgan fingerprint density at radius 2 is 1.80 bits per heavy atom. The van der Waals surface area contributed by atoms with E-state index in [1.807, 2.05) is 36.4 Å². The molecule has 0 saturated carbocycles. The Hall–Kier alpha value is -0.910. The lowest BCUT2D eigenvalue weighted by Gasteiger charge is -2.19. The highest BCUT2D eigenvalue weighted by molar-refractivity contribution is 9.14. The van der Waals surface area contributed by atoms with Crippen LogP contribution in [0.25, 0.3) is 0 Å². The first-order valence-electron chi connectivity index (χ1n) is 7.31. The maximum Gasteiger partial charge on any atom is 0.228 e. The maximum atomic E-state index is 12.3. The molecular weight excluding hydrogens is 465 g/mol. The molecule has 1 heterocycles. The van der Waals surface area contributed by atoms with Crippen molar-refractivity contribution in [1.82, 2.24) is 0 Å². The minimum absolute atomic E-state index is 0.142. The number of benzene rings is 2. The van der Waals surface area contributed by atoms with Crippen molar-refractivity contribution < 1.29 is 4.79 Å². The molecule has 1 N–H and O–H groups in total. The van der Waals surface area contributed by atoms with Crippen LogP contribution in [0.2, 0.25) is 10.0 Å². The van der Waals surface area contributed by atoms with Crippen LogP contribution in [0.1, 0.15) is 5.56 Å². The van der Waals surface area contributed by atoms with Crippen molar-refractivity contribution in [2.45, 2.75) is 11.3 Å². The number of thiol groups is 1. The van der Waals surface area contributed by atoms with Crippen LogP contribution >= 0.6 is 61.6 Å². The van der Waals surface area contributed by atoms with Crippen molar-refractivity contribution >= 4 is 73.2 Å². The van der Waals surface area contributed by atoms with Gasteiger partial charge in [0, 0.05) is 8.71 Å². The number of nitrogens with one attached hydrogen (secondary N) is 1. The molecule has 3 rings (SSSR count). The van der Waals surface area contributed by atoms with Gasteiger partial charge in [0.05, 0.1) is 26.5 Å². The molecule has 1 unspecified atom stereocenters. The molecule has 0 saturated heterocycles. The topological polar surface area (TPSA) is 29.1 Å². The first-order chi connectivity index (χ1) is 12.0. The second-order valence-electron chi connectivity index (χ2n) is 5.30. The van der Waals surface area contributed by atoms with Crippen molar-refractivity contribution in [3.63, 3.8) is 0 Å². The van der Waals surface area contributed by atoms with Crippen LogP contribution in [-0.4, -0.2) is 5.91 Å². The summed E-state index contributed by atoms with van der Waals surface area (Å²) in [4.78, 5) is 13.3. The number of hydrogen-bond acceptors (Lipinski definition) is 1. The van der Waals surface area contributed by atoms with Gasteiger partial charge in [-0.25, -0.2) is 0 Å². The molecule has 0 spiro atoms. The molecule has 0 aliphatic carbocycles. The summed E-state index contributed by atoms with van der Waals surface area (Å²) < 4.78 is 1.76. The minimum atomic E-state index is -0.858. The van der Waals surface area contributed by atoms with E-state index in [9.17, 15) is 4.79 Å². The predicted octanol–water partition coefficient (Wildman–Crippen LogP) is 6.86. The molecular formula is C18H13BrCl3NOS. The van der Waals surface area contributed by atoms with E-state index in [1.165, 1.54) is 0 Å². The largest absolute Gasteiger partial charge is 0.324 e. The molecule has 130 valence electrons.